The number of carboxylic acids is 1. The molecule has 0 bridgehead atoms. The number of aliphatic carboxylic acids is 1. The van der Waals surface area contributed by atoms with Crippen LogP contribution in [0, 0.1) is 0 Å². The monoisotopic (exact) mass is 417 g/mol. The van der Waals surface area contributed by atoms with Gasteiger partial charge >= 0.3 is 5.97 Å². The lowest BCUT2D eigenvalue weighted by Crippen LogP contribution is -2.38. The van der Waals surface area contributed by atoms with Crippen LogP contribution < -0.4 is 11.5 Å². The lowest BCUT2D eigenvalue weighted by atomic mass is 10.1. The topological polar surface area (TPSA) is 183 Å². The summed E-state index contributed by atoms with van der Waals surface area (Å²) in [4.78, 5) is 22.8. The predicted molar refractivity (Wildman–Crippen MR) is 99.0 cm³/mol. The predicted octanol–water partition coefficient (Wildman–Crippen LogP) is -1.62. The number of rotatable bonds is 8. The highest BCUT2D eigenvalue weighted by Gasteiger charge is 2.47. The van der Waals surface area contributed by atoms with E-state index < -0.39 is 53.5 Å². The Bertz CT molecular complexity index is 840. The summed E-state index contributed by atoms with van der Waals surface area (Å²) in [5.41, 5.74) is 11.9. The fraction of sp³-hybridized carbons (Fsp3) is 0.600. The molecule has 1 unspecified atom stereocenters. The van der Waals surface area contributed by atoms with E-state index in [1.807, 2.05) is 0 Å². The molecule has 6 atom stereocenters. The van der Waals surface area contributed by atoms with Gasteiger partial charge in [-0.15, -0.1) is 0 Å². The summed E-state index contributed by atoms with van der Waals surface area (Å²) in [6.07, 6.45) is -1.63. The smallest absolute Gasteiger partial charge is 0.320 e. The highest BCUT2D eigenvalue weighted by atomic mass is 32.2. The third kappa shape index (κ3) is 4.03. The van der Waals surface area contributed by atoms with E-state index in [0.29, 0.717) is 11.2 Å². The normalized spacial score (nSPS) is 27.1. The molecular formula is C15H22FN6O5S+. The molecule has 3 heterocycles. The molecule has 7 N–H and O–H groups in total. The minimum absolute atomic E-state index is 0.111. The second kappa shape index (κ2) is 8.53. The highest BCUT2D eigenvalue weighted by Crippen LogP contribution is 2.33. The standard InChI is InChI=1S/C15H21FN6O5S/c16-4-28(2-1-7(17)15(25)26)3-8-10(23)11(24)14(27-8)22-6-21-9-12(18)19-5-20-13(9)22/h5-8,10-11,14,23-24H,1-4,17H2,(H2-,18,19,20,25,26)/p+1/t7-,8+,10+,11+,14+,28?/m0/s1. The fourth-order valence-corrected chi connectivity index (χ4v) is 4.68. The largest absolute Gasteiger partial charge is 0.480 e. The Morgan fingerprint density at radius 2 is 2.11 bits per heavy atom. The zero-order valence-electron chi connectivity index (χ0n) is 14.8. The lowest BCUT2D eigenvalue weighted by Gasteiger charge is -2.16. The van der Waals surface area contributed by atoms with Crippen molar-refractivity contribution in [2.45, 2.75) is 37.0 Å². The van der Waals surface area contributed by atoms with Crippen LogP contribution in [0.2, 0.25) is 0 Å². The van der Waals surface area contributed by atoms with E-state index in [1.54, 1.807) is 0 Å². The van der Waals surface area contributed by atoms with Gasteiger partial charge in [-0.2, -0.15) is 4.39 Å². The molecule has 154 valence electrons. The van der Waals surface area contributed by atoms with E-state index in [4.69, 9.17) is 21.3 Å². The Hall–Kier alpha value is -2.06. The summed E-state index contributed by atoms with van der Waals surface area (Å²) in [5.74, 6) is -0.610. The van der Waals surface area contributed by atoms with E-state index >= 15 is 0 Å². The first-order chi connectivity index (χ1) is 13.3. The Balaban J connectivity index is 1.71. The number of nitrogen functional groups attached to an aromatic ring is 1. The number of hydrogen-bond donors (Lipinski definition) is 5. The van der Waals surface area contributed by atoms with Gasteiger partial charge in [-0.05, 0) is 0 Å². The third-order valence-electron chi connectivity index (χ3n) is 4.59. The number of nitrogens with two attached hydrogens (primary N) is 2. The SMILES string of the molecule is Nc1ncnc2c1ncn2[C@@H]1O[C@H](C[S+](CF)CC[C@H](N)C(=O)O)[C@@H](O)[C@H]1O. The first-order valence-corrected chi connectivity index (χ1v) is 10.2. The molecule has 1 aliphatic heterocycles. The number of fused-ring (bicyclic) bond motifs is 1. The van der Waals surface area contributed by atoms with Gasteiger partial charge in [-0.3, -0.25) is 9.36 Å². The van der Waals surface area contributed by atoms with Crippen molar-refractivity contribution in [2.24, 2.45) is 5.73 Å². The van der Waals surface area contributed by atoms with Gasteiger partial charge in [-0.1, -0.05) is 0 Å². The van der Waals surface area contributed by atoms with Crippen LogP contribution in [-0.4, -0.2) is 82.7 Å². The number of carbonyl (C=O) groups is 1. The number of aromatic nitrogens is 4. The molecule has 0 aromatic carbocycles. The van der Waals surface area contributed by atoms with Crippen molar-refractivity contribution in [3.8, 4) is 0 Å². The molecule has 0 radical (unpaired) electrons. The van der Waals surface area contributed by atoms with Gasteiger partial charge in [0.15, 0.2) is 17.7 Å². The molecule has 0 spiro atoms. The Labute approximate surface area is 161 Å². The summed E-state index contributed by atoms with van der Waals surface area (Å²) in [7, 11) is -0.863. The van der Waals surface area contributed by atoms with Crippen molar-refractivity contribution in [1.29, 1.82) is 0 Å². The van der Waals surface area contributed by atoms with Crippen molar-refractivity contribution < 1.29 is 29.2 Å². The molecule has 28 heavy (non-hydrogen) atoms. The summed E-state index contributed by atoms with van der Waals surface area (Å²) in [5, 5.41) is 29.6. The number of ether oxygens (including phenoxy) is 1. The Morgan fingerprint density at radius 3 is 2.79 bits per heavy atom. The van der Waals surface area contributed by atoms with Crippen LogP contribution in [0.4, 0.5) is 10.2 Å². The maximum atomic E-state index is 13.4. The molecule has 13 heteroatoms. The number of anilines is 1. The number of carboxylic acid groups (broad SMARTS) is 1. The average Bonchev–Trinajstić information content (AvgIpc) is 3.21. The maximum absolute atomic E-state index is 13.4. The molecule has 11 nitrogen and oxygen atoms in total. The Morgan fingerprint density at radius 1 is 1.36 bits per heavy atom. The molecule has 1 aliphatic rings. The van der Waals surface area contributed by atoms with E-state index in [9.17, 15) is 19.4 Å². The number of aliphatic hydroxyl groups is 2. The van der Waals surface area contributed by atoms with Crippen LogP contribution in [0.3, 0.4) is 0 Å². The van der Waals surface area contributed by atoms with Crippen LogP contribution in [0.5, 0.6) is 0 Å². The van der Waals surface area contributed by atoms with Gasteiger partial charge in [0.25, 0.3) is 0 Å². The zero-order chi connectivity index (χ0) is 20.4. The van der Waals surface area contributed by atoms with Crippen molar-refractivity contribution in [2.75, 3.05) is 23.2 Å². The number of hydrogen-bond acceptors (Lipinski definition) is 9. The van der Waals surface area contributed by atoms with Gasteiger partial charge in [0.2, 0.25) is 6.01 Å². The second-order valence-corrected chi connectivity index (χ2v) is 8.64. The molecule has 2 aromatic heterocycles. The number of halogens is 1. The van der Waals surface area contributed by atoms with Gasteiger partial charge in [0, 0.05) is 17.3 Å². The minimum Gasteiger partial charge on any atom is -0.480 e. The van der Waals surface area contributed by atoms with E-state index in [2.05, 4.69) is 15.0 Å². The highest BCUT2D eigenvalue weighted by molar-refractivity contribution is 7.96. The van der Waals surface area contributed by atoms with Crippen molar-refractivity contribution >= 4 is 33.8 Å². The van der Waals surface area contributed by atoms with E-state index in [1.165, 1.54) is 17.2 Å². The zero-order valence-corrected chi connectivity index (χ0v) is 15.6. The van der Waals surface area contributed by atoms with Gasteiger partial charge in [-0.25, -0.2) is 15.0 Å². The van der Waals surface area contributed by atoms with Gasteiger partial charge in [0.05, 0.1) is 6.33 Å². The number of imidazole rings is 1. The molecule has 0 aliphatic carbocycles. The summed E-state index contributed by atoms with van der Waals surface area (Å²) in [6.45, 7) is 0. The first kappa shape index (κ1) is 20.7. The fourth-order valence-electron chi connectivity index (χ4n) is 2.98. The Kier molecular flexibility index (Phi) is 6.30. The second-order valence-electron chi connectivity index (χ2n) is 6.45. The molecule has 1 saturated heterocycles. The number of aliphatic hydroxyl groups excluding tert-OH is 2. The number of alkyl halides is 1. The van der Waals surface area contributed by atoms with Gasteiger partial charge in [0.1, 0.15) is 47.7 Å². The molecule has 0 amide bonds. The van der Waals surface area contributed by atoms with Crippen LogP contribution in [0.15, 0.2) is 12.7 Å². The minimum atomic E-state index is -1.29. The van der Waals surface area contributed by atoms with E-state index in [-0.39, 0.29) is 23.7 Å². The quantitative estimate of drug-likeness (QED) is 0.313. The van der Waals surface area contributed by atoms with Crippen molar-refractivity contribution in [3.63, 3.8) is 0 Å². The third-order valence-corrected chi connectivity index (χ3v) is 6.51. The van der Waals surface area contributed by atoms with Gasteiger partial charge < -0.3 is 31.5 Å². The molecule has 0 saturated carbocycles. The maximum Gasteiger partial charge on any atom is 0.320 e. The molecule has 1 fully saturated rings. The van der Waals surface area contributed by atoms with Crippen molar-refractivity contribution in [3.05, 3.63) is 12.7 Å². The van der Waals surface area contributed by atoms with Crippen LogP contribution in [0.1, 0.15) is 12.6 Å². The molecule has 3 rings (SSSR count). The average molecular weight is 417 g/mol. The van der Waals surface area contributed by atoms with Crippen molar-refractivity contribution in [1.82, 2.24) is 19.5 Å². The lowest BCUT2D eigenvalue weighted by molar-refractivity contribution is -0.138. The summed E-state index contributed by atoms with van der Waals surface area (Å²) >= 11 is 0. The summed E-state index contributed by atoms with van der Waals surface area (Å²) < 4.78 is 20.6. The molecular weight excluding hydrogens is 395 g/mol. The first-order valence-electron chi connectivity index (χ1n) is 8.46. The van der Waals surface area contributed by atoms with E-state index in [0.717, 1.165) is 0 Å². The van der Waals surface area contributed by atoms with Crippen LogP contribution in [-0.2, 0) is 20.4 Å². The van der Waals surface area contributed by atoms with Crippen LogP contribution >= 0.6 is 0 Å². The summed E-state index contributed by atoms with van der Waals surface area (Å²) in [6, 6.07) is -1.77. The number of nitrogens with zero attached hydrogens (tertiary/aromatic N) is 4. The van der Waals surface area contributed by atoms with Crippen LogP contribution in [0.25, 0.3) is 11.2 Å². The molecule has 2 aromatic rings.